The highest BCUT2D eigenvalue weighted by Gasteiger charge is 2.33. The van der Waals surface area contributed by atoms with Crippen LogP contribution in [-0.4, -0.2) is 38.8 Å². The molecule has 0 bridgehead atoms. The van der Waals surface area contributed by atoms with Gasteiger partial charge in [0, 0.05) is 31.1 Å². The quantitative estimate of drug-likeness (QED) is 0.856. The minimum atomic E-state index is 0. The summed E-state index contributed by atoms with van der Waals surface area (Å²) in [6.45, 7) is 3.59. The largest absolute Gasteiger partial charge is 0.497 e. The summed E-state index contributed by atoms with van der Waals surface area (Å²) in [5, 5.41) is 0. The van der Waals surface area contributed by atoms with Crippen LogP contribution in [0.4, 0.5) is 0 Å². The summed E-state index contributed by atoms with van der Waals surface area (Å²) >= 11 is 0. The summed E-state index contributed by atoms with van der Waals surface area (Å²) < 4.78 is 10.9. The fourth-order valence-electron chi connectivity index (χ4n) is 3.65. The minimum Gasteiger partial charge on any atom is -0.497 e. The first-order chi connectivity index (χ1) is 11.7. The molecule has 1 saturated heterocycles. The van der Waals surface area contributed by atoms with Gasteiger partial charge in [-0.15, -0.1) is 12.4 Å². The molecule has 2 aromatic carbocycles. The Morgan fingerprint density at radius 1 is 1.04 bits per heavy atom. The van der Waals surface area contributed by atoms with Crippen LogP contribution < -0.4 is 15.2 Å². The van der Waals surface area contributed by atoms with Crippen molar-refractivity contribution in [1.29, 1.82) is 0 Å². The molecule has 0 aromatic heterocycles. The Kier molecular flexibility index (Phi) is 7.12. The van der Waals surface area contributed by atoms with Gasteiger partial charge in [0.1, 0.15) is 11.5 Å². The summed E-state index contributed by atoms with van der Waals surface area (Å²) in [7, 11) is 3.40. The van der Waals surface area contributed by atoms with Gasteiger partial charge >= 0.3 is 0 Å². The summed E-state index contributed by atoms with van der Waals surface area (Å²) in [5.41, 5.74) is 8.58. The first-order valence-corrected chi connectivity index (χ1v) is 8.43. The van der Waals surface area contributed by atoms with Crippen LogP contribution in [0.25, 0.3) is 0 Å². The van der Waals surface area contributed by atoms with Gasteiger partial charge in [0.15, 0.2) is 0 Å². The summed E-state index contributed by atoms with van der Waals surface area (Å²) in [4.78, 5) is 2.46. The number of rotatable bonds is 6. The van der Waals surface area contributed by atoms with Crippen molar-refractivity contribution >= 4 is 12.4 Å². The van der Waals surface area contributed by atoms with E-state index in [4.69, 9.17) is 15.2 Å². The lowest BCUT2D eigenvalue weighted by Crippen LogP contribution is -2.23. The number of nitrogens with two attached hydrogens (primary N) is 1. The standard InChI is InChI=1S/C20H26N2O2.ClH/c1-23-18-8-9-20(24-2)16(10-18)12-22-13-17(11-21)19(14-22)15-6-4-3-5-7-15;/h3-10,17,19H,11-14,21H2,1-2H3;1H/t17-,19+;/m1./s1. The predicted octanol–water partition coefficient (Wildman–Crippen LogP) is 3.30. The molecule has 1 heterocycles. The maximum atomic E-state index is 6.05. The van der Waals surface area contributed by atoms with E-state index in [-0.39, 0.29) is 12.4 Å². The maximum absolute atomic E-state index is 6.05. The normalized spacial score (nSPS) is 20.1. The van der Waals surface area contributed by atoms with Crippen molar-refractivity contribution < 1.29 is 9.47 Å². The van der Waals surface area contributed by atoms with Gasteiger partial charge in [-0.25, -0.2) is 0 Å². The van der Waals surface area contributed by atoms with E-state index >= 15 is 0 Å². The Morgan fingerprint density at radius 2 is 1.80 bits per heavy atom. The molecule has 0 unspecified atom stereocenters. The lowest BCUT2D eigenvalue weighted by Gasteiger charge is -2.18. The Morgan fingerprint density at radius 3 is 2.44 bits per heavy atom. The molecule has 1 aliphatic heterocycles. The van der Waals surface area contributed by atoms with E-state index in [0.29, 0.717) is 18.4 Å². The smallest absolute Gasteiger partial charge is 0.123 e. The molecule has 1 fully saturated rings. The lowest BCUT2D eigenvalue weighted by molar-refractivity contribution is 0.307. The molecular formula is C20H27ClN2O2. The Balaban J connectivity index is 0.00000225. The third-order valence-electron chi connectivity index (χ3n) is 4.93. The van der Waals surface area contributed by atoms with Gasteiger partial charge in [0.2, 0.25) is 0 Å². The second kappa shape index (κ2) is 9.09. The molecule has 0 spiro atoms. The first-order valence-electron chi connectivity index (χ1n) is 8.43. The van der Waals surface area contributed by atoms with Crippen molar-refractivity contribution in [3.8, 4) is 11.5 Å². The summed E-state index contributed by atoms with van der Waals surface area (Å²) in [6.07, 6.45) is 0. The summed E-state index contributed by atoms with van der Waals surface area (Å²) in [6, 6.07) is 16.7. The van der Waals surface area contributed by atoms with Gasteiger partial charge in [0.05, 0.1) is 14.2 Å². The highest BCUT2D eigenvalue weighted by Crippen LogP contribution is 2.34. The van der Waals surface area contributed by atoms with Crippen LogP contribution >= 0.6 is 12.4 Å². The van der Waals surface area contributed by atoms with E-state index in [1.54, 1.807) is 14.2 Å². The van der Waals surface area contributed by atoms with Crippen LogP contribution in [-0.2, 0) is 6.54 Å². The monoisotopic (exact) mass is 362 g/mol. The molecule has 0 saturated carbocycles. The molecule has 2 aromatic rings. The molecular weight excluding hydrogens is 336 g/mol. The Bertz CT molecular complexity index is 666. The van der Waals surface area contributed by atoms with Gasteiger partial charge in [-0.05, 0) is 36.2 Å². The second-order valence-corrected chi connectivity index (χ2v) is 6.38. The zero-order valence-electron chi connectivity index (χ0n) is 14.9. The molecule has 136 valence electrons. The second-order valence-electron chi connectivity index (χ2n) is 6.38. The molecule has 2 atom stereocenters. The highest BCUT2D eigenvalue weighted by atomic mass is 35.5. The number of halogens is 1. The fourth-order valence-corrected chi connectivity index (χ4v) is 3.65. The number of ether oxygens (including phenoxy) is 2. The molecule has 0 amide bonds. The number of methoxy groups -OCH3 is 2. The van der Waals surface area contributed by atoms with Crippen LogP contribution in [0, 0.1) is 5.92 Å². The molecule has 1 aliphatic rings. The Hall–Kier alpha value is -1.75. The van der Waals surface area contributed by atoms with E-state index in [9.17, 15) is 0 Å². The summed E-state index contributed by atoms with van der Waals surface area (Å²) in [5.74, 6) is 2.75. The number of nitrogens with zero attached hydrogens (tertiary/aromatic N) is 1. The van der Waals surface area contributed by atoms with Crippen LogP contribution in [0.5, 0.6) is 11.5 Å². The molecule has 3 rings (SSSR count). The van der Waals surface area contributed by atoms with Crippen LogP contribution in [0.1, 0.15) is 17.0 Å². The average molecular weight is 363 g/mol. The van der Waals surface area contributed by atoms with E-state index in [0.717, 1.165) is 36.7 Å². The van der Waals surface area contributed by atoms with Gasteiger partial charge in [0.25, 0.3) is 0 Å². The average Bonchev–Trinajstić information content (AvgIpc) is 3.05. The number of likely N-dealkylation sites (tertiary alicyclic amines) is 1. The Labute approximate surface area is 156 Å². The van der Waals surface area contributed by atoms with E-state index in [2.05, 4.69) is 41.3 Å². The van der Waals surface area contributed by atoms with Gasteiger partial charge < -0.3 is 15.2 Å². The fraction of sp³-hybridized carbons (Fsp3) is 0.400. The molecule has 4 nitrogen and oxygen atoms in total. The van der Waals surface area contributed by atoms with Crippen molar-refractivity contribution in [2.75, 3.05) is 33.9 Å². The third kappa shape index (κ3) is 4.46. The predicted molar refractivity (Wildman–Crippen MR) is 104 cm³/mol. The van der Waals surface area contributed by atoms with Crippen LogP contribution in [0.15, 0.2) is 48.5 Å². The lowest BCUT2D eigenvalue weighted by atomic mass is 9.89. The zero-order chi connectivity index (χ0) is 16.9. The minimum absolute atomic E-state index is 0. The van der Waals surface area contributed by atoms with Crippen LogP contribution in [0.3, 0.4) is 0 Å². The van der Waals surface area contributed by atoms with E-state index in [1.807, 2.05) is 12.1 Å². The van der Waals surface area contributed by atoms with Crippen LogP contribution in [0.2, 0.25) is 0 Å². The van der Waals surface area contributed by atoms with Gasteiger partial charge in [-0.1, -0.05) is 30.3 Å². The third-order valence-corrected chi connectivity index (χ3v) is 4.93. The van der Waals surface area contributed by atoms with E-state index in [1.165, 1.54) is 5.56 Å². The molecule has 5 heteroatoms. The molecule has 2 N–H and O–H groups in total. The maximum Gasteiger partial charge on any atom is 0.123 e. The van der Waals surface area contributed by atoms with Gasteiger partial charge in [-0.3, -0.25) is 4.90 Å². The van der Waals surface area contributed by atoms with Crippen molar-refractivity contribution in [3.63, 3.8) is 0 Å². The number of hydrogen-bond donors (Lipinski definition) is 1. The first kappa shape index (κ1) is 19.6. The molecule has 0 aliphatic carbocycles. The zero-order valence-corrected chi connectivity index (χ0v) is 15.7. The van der Waals surface area contributed by atoms with E-state index < -0.39 is 0 Å². The topological polar surface area (TPSA) is 47.7 Å². The van der Waals surface area contributed by atoms with Crippen molar-refractivity contribution in [1.82, 2.24) is 4.90 Å². The number of benzene rings is 2. The van der Waals surface area contributed by atoms with Crippen molar-refractivity contribution in [2.45, 2.75) is 12.5 Å². The van der Waals surface area contributed by atoms with Crippen molar-refractivity contribution in [2.24, 2.45) is 11.7 Å². The molecule has 25 heavy (non-hydrogen) atoms. The number of hydrogen-bond acceptors (Lipinski definition) is 4. The molecule has 0 radical (unpaired) electrons. The highest BCUT2D eigenvalue weighted by molar-refractivity contribution is 5.85. The van der Waals surface area contributed by atoms with Crippen molar-refractivity contribution in [3.05, 3.63) is 59.7 Å². The van der Waals surface area contributed by atoms with Gasteiger partial charge in [-0.2, -0.15) is 0 Å². The SMILES string of the molecule is COc1ccc(OC)c(CN2C[C@@H](CN)[C@H](c3ccccc3)C2)c1.Cl.